The van der Waals surface area contributed by atoms with E-state index in [1.807, 2.05) is 0 Å². The highest BCUT2D eigenvalue weighted by atomic mass is 32.2. The molecule has 0 spiro atoms. The third-order valence-corrected chi connectivity index (χ3v) is 10.6. The third-order valence-electron chi connectivity index (χ3n) is 7.22. The first-order valence-corrected chi connectivity index (χ1v) is 15.9. The van der Waals surface area contributed by atoms with E-state index in [4.69, 9.17) is 4.74 Å². The largest absolute Gasteiger partial charge is 0.480 e. The van der Waals surface area contributed by atoms with Gasteiger partial charge in [-0.15, -0.1) is 11.8 Å². The maximum atomic E-state index is 13.5. The number of benzene rings is 1. The second kappa shape index (κ2) is 13.2. The van der Waals surface area contributed by atoms with E-state index in [1.165, 1.54) is 53.3 Å². The number of sulfonamides is 1. The molecule has 232 valence electrons. The fourth-order valence-corrected chi connectivity index (χ4v) is 7.95. The van der Waals surface area contributed by atoms with Crippen molar-refractivity contribution in [3.63, 3.8) is 0 Å². The zero-order valence-electron chi connectivity index (χ0n) is 23.9. The van der Waals surface area contributed by atoms with Gasteiger partial charge in [0.2, 0.25) is 15.9 Å². The first kappa shape index (κ1) is 32.0. The smallest absolute Gasteiger partial charge is 0.415 e. The standard InChI is InChI=1S/C27H34N6O8S2/c1-27(2)22(33(17-42-27)43(39,40)20-5-4-10-29-16-20)23(34)30-21(24(35)36)15-18-6-8-19(9-7-18)41-26(38)32-13-11-31(12-14-32)25(37)28-3/h4-10,16,21-22H,11-15,17H2,1-3H3,(H,28,37)(H,30,34)(H,35,36)/t21-,22?/m0/s1. The van der Waals surface area contributed by atoms with E-state index in [2.05, 4.69) is 15.6 Å². The minimum Gasteiger partial charge on any atom is -0.480 e. The molecule has 2 saturated heterocycles. The molecule has 16 heteroatoms. The highest BCUT2D eigenvalue weighted by Crippen LogP contribution is 2.42. The zero-order valence-corrected chi connectivity index (χ0v) is 25.6. The van der Waals surface area contributed by atoms with Gasteiger partial charge in [-0.2, -0.15) is 4.31 Å². The topological polar surface area (TPSA) is 179 Å². The van der Waals surface area contributed by atoms with Gasteiger partial charge < -0.3 is 30.3 Å². The van der Waals surface area contributed by atoms with Gasteiger partial charge in [-0.1, -0.05) is 12.1 Å². The van der Waals surface area contributed by atoms with Crippen LogP contribution in [0.3, 0.4) is 0 Å². The van der Waals surface area contributed by atoms with Gasteiger partial charge in [0, 0.05) is 56.8 Å². The van der Waals surface area contributed by atoms with Gasteiger partial charge in [-0.3, -0.25) is 9.78 Å². The van der Waals surface area contributed by atoms with E-state index in [1.54, 1.807) is 37.9 Å². The number of nitrogens with zero attached hydrogens (tertiary/aromatic N) is 4. The Morgan fingerprint density at radius 2 is 1.74 bits per heavy atom. The normalized spacial score (nSPS) is 19.4. The average molecular weight is 635 g/mol. The molecule has 2 aromatic rings. The third kappa shape index (κ3) is 7.37. The number of aliphatic carboxylic acids is 1. The molecule has 4 amide bonds. The molecule has 2 fully saturated rings. The molecule has 0 bridgehead atoms. The van der Waals surface area contributed by atoms with Crippen molar-refractivity contribution in [2.75, 3.05) is 39.1 Å². The number of carboxylic acid groups (broad SMARTS) is 1. The van der Waals surface area contributed by atoms with Crippen molar-refractivity contribution < 1.29 is 37.4 Å². The van der Waals surface area contributed by atoms with E-state index < -0.39 is 44.8 Å². The number of thioether (sulfide) groups is 1. The Bertz CT molecular complexity index is 1450. The number of piperazine rings is 1. The Labute approximate surface area is 253 Å². The summed E-state index contributed by atoms with van der Waals surface area (Å²) in [5.41, 5.74) is 0.548. The number of carbonyl (C=O) groups excluding carboxylic acids is 3. The van der Waals surface area contributed by atoms with Gasteiger partial charge in [-0.05, 0) is 43.7 Å². The Morgan fingerprint density at radius 1 is 1.09 bits per heavy atom. The summed E-state index contributed by atoms with van der Waals surface area (Å²) < 4.78 is 32.3. The molecular formula is C27H34N6O8S2. The minimum absolute atomic E-state index is 0.0178. The molecule has 43 heavy (non-hydrogen) atoms. The molecule has 3 heterocycles. The molecule has 3 N–H and O–H groups in total. The number of ether oxygens (including phenoxy) is 1. The van der Waals surface area contributed by atoms with E-state index in [0.717, 1.165) is 4.31 Å². The molecule has 2 atom stereocenters. The second-order valence-corrected chi connectivity index (χ2v) is 14.0. The summed E-state index contributed by atoms with van der Waals surface area (Å²) in [6.45, 7) is 4.86. The van der Waals surface area contributed by atoms with Crippen LogP contribution in [-0.2, 0) is 26.0 Å². The first-order valence-electron chi connectivity index (χ1n) is 13.4. The molecule has 1 aromatic heterocycles. The van der Waals surface area contributed by atoms with Crippen molar-refractivity contribution in [1.29, 1.82) is 0 Å². The van der Waals surface area contributed by atoms with Crippen LogP contribution in [0.25, 0.3) is 0 Å². The summed E-state index contributed by atoms with van der Waals surface area (Å²) in [5, 5.41) is 15.0. The molecule has 0 aliphatic carbocycles. The number of carbonyl (C=O) groups is 4. The summed E-state index contributed by atoms with van der Waals surface area (Å²) in [6.07, 6.45) is 1.99. The van der Waals surface area contributed by atoms with Gasteiger partial charge in [-0.25, -0.2) is 22.8 Å². The molecule has 1 unspecified atom stereocenters. The Kier molecular flexibility index (Phi) is 9.82. The maximum absolute atomic E-state index is 13.5. The number of hydrogen-bond acceptors (Lipinski definition) is 9. The van der Waals surface area contributed by atoms with Crippen LogP contribution in [0.15, 0.2) is 53.7 Å². The fourth-order valence-electron chi connectivity index (χ4n) is 4.82. The lowest BCUT2D eigenvalue weighted by atomic mass is 10.0. The Balaban J connectivity index is 1.39. The quantitative estimate of drug-likeness (QED) is 0.382. The van der Waals surface area contributed by atoms with E-state index in [9.17, 15) is 32.7 Å². The summed E-state index contributed by atoms with van der Waals surface area (Å²) in [6, 6.07) is 6.37. The van der Waals surface area contributed by atoms with E-state index in [0.29, 0.717) is 31.7 Å². The van der Waals surface area contributed by atoms with Crippen molar-refractivity contribution in [2.24, 2.45) is 0 Å². The number of urea groups is 1. The number of carboxylic acids is 1. The SMILES string of the molecule is CNC(=O)N1CCN(C(=O)Oc2ccc(C[C@H](NC(=O)C3N(S(=O)(=O)c4cccnc4)CSC3(C)C)C(=O)O)cc2)CC1. The van der Waals surface area contributed by atoms with Crippen LogP contribution < -0.4 is 15.4 Å². The lowest BCUT2D eigenvalue weighted by Gasteiger charge is -2.33. The molecule has 2 aliphatic rings. The van der Waals surface area contributed by atoms with Crippen LogP contribution in [0, 0.1) is 0 Å². The Hall–Kier alpha value is -3.89. The highest BCUT2D eigenvalue weighted by Gasteiger charge is 2.51. The molecule has 14 nitrogen and oxygen atoms in total. The fraction of sp³-hybridized carbons (Fsp3) is 0.444. The summed E-state index contributed by atoms with van der Waals surface area (Å²) in [5.74, 6) is -1.74. The van der Waals surface area contributed by atoms with Crippen molar-refractivity contribution in [2.45, 2.75) is 42.0 Å². The van der Waals surface area contributed by atoms with Gasteiger partial charge in [0.15, 0.2) is 0 Å². The summed E-state index contributed by atoms with van der Waals surface area (Å²) in [4.78, 5) is 56.8. The lowest BCUT2D eigenvalue weighted by Crippen LogP contribution is -2.56. The van der Waals surface area contributed by atoms with Gasteiger partial charge in [0.1, 0.15) is 22.7 Å². The maximum Gasteiger partial charge on any atom is 0.415 e. The monoisotopic (exact) mass is 634 g/mol. The van der Waals surface area contributed by atoms with Crippen LogP contribution >= 0.6 is 11.8 Å². The predicted octanol–water partition coefficient (Wildman–Crippen LogP) is 1.19. The number of nitrogens with one attached hydrogen (secondary N) is 2. The zero-order chi connectivity index (χ0) is 31.4. The molecule has 1 aromatic carbocycles. The van der Waals surface area contributed by atoms with Gasteiger partial charge >= 0.3 is 18.1 Å². The molecule has 0 saturated carbocycles. The number of hydrogen-bond donors (Lipinski definition) is 3. The van der Waals surface area contributed by atoms with Crippen molar-refractivity contribution in [1.82, 2.24) is 29.7 Å². The minimum atomic E-state index is -4.07. The van der Waals surface area contributed by atoms with E-state index >= 15 is 0 Å². The number of aromatic nitrogens is 1. The van der Waals surface area contributed by atoms with Crippen molar-refractivity contribution in [3.05, 3.63) is 54.4 Å². The molecule has 4 rings (SSSR count). The van der Waals surface area contributed by atoms with Gasteiger partial charge in [0.25, 0.3) is 0 Å². The van der Waals surface area contributed by atoms with Crippen LogP contribution in [0.2, 0.25) is 0 Å². The van der Waals surface area contributed by atoms with Gasteiger partial charge in [0.05, 0.1) is 5.88 Å². The lowest BCUT2D eigenvalue weighted by molar-refractivity contribution is -0.142. The summed E-state index contributed by atoms with van der Waals surface area (Å²) in [7, 11) is -2.53. The van der Waals surface area contributed by atoms with E-state index in [-0.39, 0.29) is 29.0 Å². The molecular weight excluding hydrogens is 600 g/mol. The second-order valence-electron chi connectivity index (χ2n) is 10.5. The van der Waals surface area contributed by atoms with Crippen molar-refractivity contribution in [3.8, 4) is 5.75 Å². The Morgan fingerprint density at radius 3 is 2.33 bits per heavy atom. The van der Waals surface area contributed by atoms with Crippen LogP contribution in [-0.4, -0.2) is 113 Å². The highest BCUT2D eigenvalue weighted by molar-refractivity contribution is 8.02. The van der Waals surface area contributed by atoms with Crippen LogP contribution in [0.1, 0.15) is 19.4 Å². The number of rotatable bonds is 8. The average Bonchev–Trinajstić information content (AvgIpc) is 3.33. The summed E-state index contributed by atoms with van der Waals surface area (Å²) >= 11 is 1.28. The predicted molar refractivity (Wildman–Crippen MR) is 157 cm³/mol. The molecule has 0 radical (unpaired) electrons. The van der Waals surface area contributed by atoms with Crippen LogP contribution in [0.4, 0.5) is 9.59 Å². The first-order chi connectivity index (χ1) is 20.3. The molecule has 2 aliphatic heterocycles. The van der Waals surface area contributed by atoms with Crippen LogP contribution in [0.5, 0.6) is 5.75 Å². The van der Waals surface area contributed by atoms with Crippen molar-refractivity contribution >= 4 is 45.8 Å². The number of amides is 4. The number of pyridine rings is 1.